The summed E-state index contributed by atoms with van der Waals surface area (Å²) in [6.07, 6.45) is 2.99. The van der Waals surface area contributed by atoms with Crippen LogP contribution in [0, 0.1) is 0 Å². The lowest BCUT2D eigenvalue weighted by Gasteiger charge is -2.22. The first-order valence-corrected chi connectivity index (χ1v) is 12.3. The minimum absolute atomic E-state index is 0.0157. The molecule has 2 aliphatic heterocycles. The Morgan fingerprint density at radius 2 is 1.56 bits per heavy atom. The fourth-order valence-corrected chi connectivity index (χ4v) is 4.73. The van der Waals surface area contributed by atoms with Gasteiger partial charge in [-0.1, -0.05) is 48.5 Å². The Hall–Kier alpha value is -3.19. The van der Waals surface area contributed by atoms with Crippen LogP contribution in [0.2, 0.25) is 0 Å². The SMILES string of the molecule is O=C(CN1CCCN(C(=O)CCC(=O)N2CCc3ccccc32)CC1)NCCc1ccccc1. The Kier molecular flexibility index (Phi) is 8.31. The number of benzene rings is 2. The maximum atomic E-state index is 12.8. The zero-order valence-corrected chi connectivity index (χ0v) is 19.7. The van der Waals surface area contributed by atoms with Gasteiger partial charge in [-0.2, -0.15) is 0 Å². The second-order valence-electron chi connectivity index (χ2n) is 9.02. The highest BCUT2D eigenvalue weighted by atomic mass is 16.2. The van der Waals surface area contributed by atoms with Crippen molar-refractivity contribution >= 4 is 23.4 Å². The maximum Gasteiger partial charge on any atom is 0.234 e. The van der Waals surface area contributed by atoms with E-state index in [0.717, 1.165) is 31.5 Å². The summed E-state index contributed by atoms with van der Waals surface area (Å²) in [6.45, 7) is 4.40. The van der Waals surface area contributed by atoms with Gasteiger partial charge < -0.3 is 15.1 Å². The third-order valence-corrected chi connectivity index (χ3v) is 6.63. The predicted molar refractivity (Wildman–Crippen MR) is 133 cm³/mol. The van der Waals surface area contributed by atoms with Crippen molar-refractivity contribution in [2.75, 3.05) is 50.7 Å². The van der Waals surface area contributed by atoms with Crippen LogP contribution in [0.1, 0.15) is 30.4 Å². The molecule has 34 heavy (non-hydrogen) atoms. The molecule has 2 aliphatic rings. The molecule has 4 rings (SSSR count). The summed E-state index contributed by atoms with van der Waals surface area (Å²) in [7, 11) is 0. The Labute approximate surface area is 201 Å². The van der Waals surface area contributed by atoms with Crippen LogP contribution in [0.15, 0.2) is 54.6 Å². The summed E-state index contributed by atoms with van der Waals surface area (Å²) in [6, 6.07) is 18.1. The van der Waals surface area contributed by atoms with E-state index in [1.165, 1.54) is 11.1 Å². The third-order valence-electron chi connectivity index (χ3n) is 6.63. The molecule has 0 bridgehead atoms. The first kappa shape index (κ1) is 24.0. The molecule has 0 unspecified atom stereocenters. The van der Waals surface area contributed by atoms with E-state index in [-0.39, 0.29) is 30.6 Å². The first-order valence-electron chi connectivity index (χ1n) is 12.3. The van der Waals surface area contributed by atoms with E-state index >= 15 is 0 Å². The number of carbonyl (C=O) groups is 3. The van der Waals surface area contributed by atoms with Gasteiger partial charge in [0.05, 0.1) is 6.54 Å². The van der Waals surface area contributed by atoms with E-state index in [1.54, 1.807) is 0 Å². The highest BCUT2D eigenvalue weighted by Crippen LogP contribution is 2.28. The van der Waals surface area contributed by atoms with Gasteiger partial charge in [0.1, 0.15) is 0 Å². The van der Waals surface area contributed by atoms with E-state index in [0.29, 0.717) is 39.3 Å². The van der Waals surface area contributed by atoms with Crippen molar-refractivity contribution in [3.63, 3.8) is 0 Å². The van der Waals surface area contributed by atoms with Crippen molar-refractivity contribution in [2.45, 2.75) is 32.1 Å². The zero-order valence-electron chi connectivity index (χ0n) is 19.7. The molecule has 2 heterocycles. The Morgan fingerprint density at radius 3 is 2.41 bits per heavy atom. The number of para-hydroxylation sites is 1. The lowest BCUT2D eigenvalue weighted by molar-refractivity contribution is -0.133. The number of hydrogen-bond donors (Lipinski definition) is 1. The molecule has 0 radical (unpaired) electrons. The van der Waals surface area contributed by atoms with Gasteiger partial charge in [-0.15, -0.1) is 0 Å². The molecule has 0 aliphatic carbocycles. The fraction of sp³-hybridized carbons (Fsp3) is 0.444. The van der Waals surface area contributed by atoms with E-state index in [1.807, 2.05) is 46.2 Å². The lowest BCUT2D eigenvalue weighted by atomic mass is 10.1. The summed E-state index contributed by atoms with van der Waals surface area (Å²) in [5.74, 6) is 0.0594. The summed E-state index contributed by atoms with van der Waals surface area (Å²) in [5.41, 5.74) is 3.38. The maximum absolute atomic E-state index is 12.8. The van der Waals surface area contributed by atoms with Crippen LogP contribution in [0.3, 0.4) is 0 Å². The molecule has 0 aromatic heterocycles. The Balaban J connectivity index is 1.16. The van der Waals surface area contributed by atoms with Gasteiger partial charge >= 0.3 is 0 Å². The minimum Gasteiger partial charge on any atom is -0.355 e. The average molecular weight is 463 g/mol. The molecule has 1 N–H and O–H groups in total. The van der Waals surface area contributed by atoms with Gasteiger partial charge in [0.25, 0.3) is 0 Å². The van der Waals surface area contributed by atoms with Crippen molar-refractivity contribution in [3.05, 3.63) is 65.7 Å². The Bertz CT molecular complexity index is 994. The van der Waals surface area contributed by atoms with Crippen molar-refractivity contribution < 1.29 is 14.4 Å². The molecular weight excluding hydrogens is 428 g/mol. The van der Waals surface area contributed by atoms with Crippen LogP contribution >= 0.6 is 0 Å². The van der Waals surface area contributed by atoms with E-state index in [9.17, 15) is 14.4 Å². The molecule has 2 aromatic rings. The van der Waals surface area contributed by atoms with Crippen LogP contribution in [0.4, 0.5) is 5.69 Å². The molecule has 0 atom stereocenters. The van der Waals surface area contributed by atoms with Crippen LogP contribution < -0.4 is 10.2 Å². The van der Waals surface area contributed by atoms with Gasteiger partial charge in [0.2, 0.25) is 17.7 Å². The molecule has 7 heteroatoms. The fourth-order valence-electron chi connectivity index (χ4n) is 4.73. The van der Waals surface area contributed by atoms with Gasteiger partial charge in [-0.05, 0) is 36.5 Å². The number of fused-ring (bicyclic) bond motifs is 1. The molecule has 2 aromatic carbocycles. The summed E-state index contributed by atoms with van der Waals surface area (Å²) in [5, 5.41) is 3.00. The number of nitrogens with one attached hydrogen (secondary N) is 1. The van der Waals surface area contributed by atoms with Crippen LogP contribution in [-0.2, 0) is 27.2 Å². The molecule has 180 valence electrons. The molecule has 7 nitrogen and oxygen atoms in total. The zero-order chi connectivity index (χ0) is 23.8. The molecule has 1 fully saturated rings. The normalized spacial score (nSPS) is 16.1. The highest BCUT2D eigenvalue weighted by Gasteiger charge is 2.26. The number of hydrogen-bond acceptors (Lipinski definition) is 4. The summed E-state index contributed by atoms with van der Waals surface area (Å²) < 4.78 is 0. The van der Waals surface area contributed by atoms with E-state index in [2.05, 4.69) is 28.4 Å². The number of anilines is 1. The standard InChI is InChI=1S/C27H34N4O3/c32-25(28-15-13-22-7-2-1-3-8-22)21-29-16-6-17-30(20-19-29)26(33)11-12-27(34)31-18-14-23-9-4-5-10-24(23)31/h1-5,7-10H,6,11-21H2,(H,28,32). The molecule has 3 amide bonds. The lowest BCUT2D eigenvalue weighted by Crippen LogP contribution is -2.40. The van der Waals surface area contributed by atoms with E-state index < -0.39 is 0 Å². The monoisotopic (exact) mass is 462 g/mol. The molecule has 0 spiro atoms. The molecular formula is C27H34N4O3. The number of carbonyl (C=O) groups excluding carboxylic acids is 3. The molecule has 0 saturated carbocycles. The minimum atomic E-state index is 0.0157. The average Bonchev–Trinajstić information content (AvgIpc) is 3.15. The van der Waals surface area contributed by atoms with Crippen LogP contribution in [0.25, 0.3) is 0 Å². The van der Waals surface area contributed by atoms with Gasteiger partial charge in [0, 0.05) is 57.8 Å². The second-order valence-corrected chi connectivity index (χ2v) is 9.02. The van der Waals surface area contributed by atoms with Gasteiger partial charge in [-0.25, -0.2) is 0 Å². The van der Waals surface area contributed by atoms with Crippen LogP contribution in [-0.4, -0.2) is 73.3 Å². The summed E-state index contributed by atoms with van der Waals surface area (Å²) in [4.78, 5) is 43.6. The third kappa shape index (κ3) is 6.44. The largest absolute Gasteiger partial charge is 0.355 e. The number of amides is 3. The number of nitrogens with zero attached hydrogens (tertiary/aromatic N) is 3. The topological polar surface area (TPSA) is 73.0 Å². The van der Waals surface area contributed by atoms with Gasteiger partial charge in [0.15, 0.2) is 0 Å². The second kappa shape index (κ2) is 11.8. The Morgan fingerprint density at radius 1 is 0.794 bits per heavy atom. The van der Waals surface area contributed by atoms with E-state index in [4.69, 9.17) is 0 Å². The highest BCUT2D eigenvalue weighted by molar-refractivity contribution is 5.97. The van der Waals surface area contributed by atoms with Crippen molar-refractivity contribution in [1.82, 2.24) is 15.1 Å². The predicted octanol–water partition coefficient (Wildman–Crippen LogP) is 2.25. The van der Waals surface area contributed by atoms with Gasteiger partial charge in [-0.3, -0.25) is 19.3 Å². The smallest absolute Gasteiger partial charge is 0.234 e. The first-order chi connectivity index (χ1) is 16.6. The van der Waals surface area contributed by atoms with Crippen molar-refractivity contribution in [3.8, 4) is 0 Å². The summed E-state index contributed by atoms with van der Waals surface area (Å²) >= 11 is 0. The van der Waals surface area contributed by atoms with Crippen molar-refractivity contribution in [1.29, 1.82) is 0 Å². The van der Waals surface area contributed by atoms with Crippen molar-refractivity contribution in [2.24, 2.45) is 0 Å². The quantitative estimate of drug-likeness (QED) is 0.653. The molecule has 1 saturated heterocycles. The van der Waals surface area contributed by atoms with Crippen LogP contribution in [0.5, 0.6) is 0 Å². The number of rotatable bonds is 8.